The summed E-state index contributed by atoms with van der Waals surface area (Å²) in [7, 11) is 0. The van der Waals surface area contributed by atoms with Gasteiger partial charge in [-0.25, -0.2) is 0 Å². The van der Waals surface area contributed by atoms with Gasteiger partial charge in [0.25, 0.3) is 0 Å². The van der Waals surface area contributed by atoms with Crippen molar-refractivity contribution in [2.75, 3.05) is 13.1 Å². The number of carbonyl (C=O) groups excluding carboxylic acids is 2. The Hall–Kier alpha value is -2.10. The lowest BCUT2D eigenvalue weighted by atomic mass is 9.93. The highest BCUT2D eigenvalue weighted by atomic mass is 16.2. The number of amides is 1. The Bertz CT molecular complexity index is 674. The largest absolute Gasteiger partial charge is 0.361 e. The molecule has 1 aliphatic heterocycles. The van der Waals surface area contributed by atoms with Crippen molar-refractivity contribution < 1.29 is 9.59 Å². The fourth-order valence-electron chi connectivity index (χ4n) is 3.11. The summed E-state index contributed by atoms with van der Waals surface area (Å²) in [4.78, 5) is 29.1. The topological polar surface area (TPSA) is 53.2 Å². The van der Waals surface area contributed by atoms with Gasteiger partial charge in [0.05, 0.1) is 5.92 Å². The fourth-order valence-corrected chi connectivity index (χ4v) is 3.11. The maximum Gasteiger partial charge on any atom is 0.233 e. The molecule has 1 aliphatic rings. The molecule has 1 aromatic carbocycles. The van der Waals surface area contributed by atoms with Gasteiger partial charge in [0, 0.05) is 36.6 Å². The molecule has 2 heterocycles. The summed E-state index contributed by atoms with van der Waals surface area (Å²) in [6.45, 7) is 3.16. The standard InChI is InChI=1S/C17H20N2O2/c1-2-13-16(20)8-10-19(17(13)21)9-7-12-11-18-15-6-4-3-5-14(12)15/h3-6,11,13,18H,2,7-10H2,1H3. The Morgan fingerprint density at radius 3 is 2.90 bits per heavy atom. The minimum Gasteiger partial charge on any atom is -0.361 e. The Morgan fingerprint density at radius 2 is 2.10 bits per heavy atom. The Balaban J connectivity index is 1.70. The molecule has 1 fully saturated rings. The first kappa shape index (κ1) is 13.9. The normalized spacial score (nSPS) is 19.5. The van der Waals surface area contributed by atoms with Gasteiger partial charge in [0.15, 0.2) is 0 Å². The summed E-state index contributed by atoms with van der Waals surface area (Å²) < 4.78 is 0. The number of hydrogen-bond acceptors (Lipinski definition) is 2. The van der Waals surface area contributed by atoms with Crippen molar-refractivity contribution in [2.24, 2.45) is 5.92 Å². The summed E-state index contributed by atoms with van der Waals surface area (Å²) in [5.41, 5.74) is 2.35. The van der Waals surface area contributed by atoms with Gasteiger partial charge in [-0.1, -0.05) is 25.1 Å². The van der Waals surface area contributed by atoms with Crippen molar-refractivity contribution in [3.8, 4) is 0 Å². The number of likely N-dealkylation sites (tertiary alicyclic amines) is 1. The van der Waals surface area contributed by atoms with E-state index in [1.165, 1.54) is 10.9 Å². The fraction of sp³-hybridized carbons (Fsp3) is 0.412. The molecule has 1 unspecified atom stereocenters. The number of hydrogen-bond donors (Lipinski definition) is 1. The summed E-state index contributed by atoms with van der Waals surface area (Å²) in [6, 6.07) is 8.18. The van der Waals surface area contributed by atoms with E-state index in [4.69, 9.17) is 0 Å². The first-order chi connectivity index (χ1) is 10.2. The monoisotopic (exact) mass is 284 g/mol. The van der Waals surface area contributed by atoms with Crippen molar-refractivity contribution in [1.29, 1.82) is 0 Å². The number of Topliss-reactive ketones (excluding diaryl/α,β-unsaturated/α-hetero) is 1. The molecule has 0 aliphatic carbocycles. The summed E-state index contributed by atoms with van der Waals surface area (Å²) >= 11 is 0. The maximum absolute atomic E-state index is 12.3. The van der Waals surface area contributed by atoms with Gasteiger partial charge in [-0.2, -0.15) is 0 Å². The number of carbonyl (C=O) groups is 2. The molecule has 0 bridgehead atoms. The van der Waals surface area contributed by atoms with Gasteiger partial charge in [0.1, 0.15) is 5.78 Å². The molecule has 3 rings (SSSR count). The summed E-state index contributed by atoms with van der Waals surface area (Å²) in [5.74, 6) is -0.304. The van der Waals surface area contributed by atoms with Crippen LogP contribution in [0.4, 0.5) is 0 Å². The first-order valence-electron chi connectivity index (χ1n) is 7.57. The van der Waals surface area contributed by atoms with Crippen LogP contribution in [0.1, 0.15) is 25.3 Å². The highest BCUT2D eigenvalue weighted by molar-refractivity contribution is 6.03. The van der Waals surface area contributed by atoms with E-state index in [-0.39, 0.29) is 11.7 Å². The van der Waals surface area contributed by atoms with Gasteiger partial charge in [0.2, 0.25) is 5.91 Å². The number of H-pyrrole nitrogens is 1. The van der Waals surface area contributed by atoms with Crippen LogP contribution in [-0.2, 0) is 16.0 Å². The number of aromatic amines is 1. The van der Waals surface area contributed by atoms with Crippen molar-refractivity contribution in [1.82, 2.24) is 9.88 Å². The molecule has 2 aromatic rings. The second kappa shape index (κ2) is 5.72. The lowest BCUT2D eigenvalue weighted by molar-refractivity contribution is -0.145. The molecule has 21 heavy (non-hydrogen) atoms. The van der Waals surface area contributed by atoms with Crippen molar-refractivity contribution in [3.63, 3.8) is 0 Å². The molecule has 1 N–H and O–H groups in total. The average molecular weight is 284 g/mol. The van der Waals surface area contributed by atoms with Gasteiger partial charge in [-0.05, 0) is 24.5 Å². The third-order valence-corrected chi connectivity index (χ3v) is 4.36. The van der Waals surface area contributed by atoms with Crippen LogP contribution in [0.5, 0.6) is 0 Å². The second-order valence-corrected chi connectivity index (χ2v) is 5.61. The number of nitrogens with zero attached hydrogens (tertiary/aromatic N) is 1. The van der Waals surface area contributed by atoms with Crippen LogP contribution in [0.15, 0.2) is 30.5 Å². The number of ketones is 1. The van der Waals surface area contributed by atoms with E-state index in [9.17, 15) is 9.59 Å². The van der Waals surface area contributed by atoms with Crippen LogP contribution < -0.4 is 0 Å². The summed E-state index contributed by atoms with van der Waals surface area (Å²) in [6.07, 6.45) is 3.95. The highest BCUT2D eigenvalue weighted by Gasteiger charge is 2.33. The van der Waals surface area contributed by atoms with Gasteiger partial charge in [-0.3, -0.25) is 9.59 Å². The van der Waals surface area contributed by atoms with Crippen LogP contribution in [0.3, 0.4) is 0 Å². The zero-order valence-corrected chi connectivity index (χ0v) is 12.3. The van der Waals surface area contributed by atoms with E-state index in [2.05, 4.69) is 17.1 Å². The number of benzene rings is 1. The number of nitrogens with one attached hydrogen (secondary N) is 1. The van der Waals surface area contributed by atoms with Crippen LogP contribution in [0.25, 0.3) is 10.9 Å². The lowest BCUT2D eigenvalue weighted by Crippen LogP contribution is -2.46. The van der Waals surface area contributed by atoms with Crippen molar-refractivity contribution >= 4 is 22.6 Å². The number of fused-ring (bicyclic) bond motifs is 1. The third kappa shape index (κ3) is 2.58. The summed E-state index contributed by atoms with van der Waals surface area (Å²) in [5, 5.41) is 1.21. The molecule has 0 spiro atoms. The number of para-hydroxylation sites is 1. The molecule has 110 valence electrons. The van der Waals surface area contributed by atoms with Gasteiger partial charge >= 0.3 is 0 Å². The van der Waals surface area contributed by atoms with Crippen LogP contribution >= 0.6 is 0 Å². The molecule has 1 saturated heterocycles. The molecular weight excluding hydrogens is 264 g/mol. The molecule has 4 heteroatoms. The minimum absolute atomic E-state index is 0.00795. The smallest absolute Gasteiger partial charge is 0.233 e. The van der Waals surface area contributed by atoms with E-state index in [1.54, 1.807) is 0 Å². The predicted octanol–water partition coefficient (Wildman–Crippen LogP) is 2.54. The van der Waals surface area contributed by atoms with E-state index in [0.29, 0.717) is 25.9 Å². The third-order valence-electron chi connectivity index (χ3n) is 4.36. The van der Waals surface area contributed by atoms with Gasteiger partial charge in [-0.15, -0.1) is 0 Å². The predicted molar refractivity (Wildman–Crippen MR) is 82.0 cm³/mol. The minimum atomic E-state index is -0.415. The molecule has 4 nitrogen and oxygen atoms in total. The number of piperidine rings is 1. The molecule has 1 amide bonds. The molecule has 0 saturated carbocycles. The molecule has 1 atom stereocenters. The van der Waals surface area contributed by atoms with Gasteiger partial charge < -0.3 is 9.88 Å². The Morgan fingerprint density at radius 1 is 1.29 bits per heavy atom. The lowest BCUT2D eigenvalue weighted by Gasteiger charge is -2.31. The van der Waals surface area contributed by atoms with Crippen molar-refractivity contribution in [2.45, 2.75) is 26.2 Å². The van der Waals surface area contributed by atoms with E-state index in [0.717, 1.165) is 11.9 Å². The average Bonchev–Trinajstić information content (AvgIpc) is 2.90. The SMILES string of the molecule is CCC1C(=O)CCN(CCc2c[nH]c3ccccc23)C1=O. The van der Waals surface area contributed by atoms with Crippen LogP contribution in [-0.4, -0.2) is 34.7 Å². The van der Waals surface area contributed by atoms with Crippen LogP contribution in [0, 0.1) is 5.92 Å². The Kier molecular flexibility index (Phi) is 3.78. The zero-order chi connectivity index (χ0) is 14.8. The van der Waals surface area contributed by atoms with E-state index >= 15 is 0 Å². The quantitative estimate of drug-likeness (QED) is 0.877. The Labute approximate surface area is 124 Å². The maximum atomic E-state index is 12.3. The van der Waals surface area contributed by atoms with Crippen LogP contribution in [0.2, 0.25) is 0 Å². The van der Waals surface area contributed by atoms with E-state index in [1.807, 2.05) is 30.2 Å². The zero-order valence-electron chi connectivity index (χ0n) is 12.3. The van der Waals surface area contributed by atoms with E-state index < -0.39 is 5.92 Å². The van der Waals surface area contributed by atoms with Crippen molar-refractivity contribution in [3.05, 3.63) is 36.0 Å². The molecular formula is C17H20N2O2. The number of aromatic nitrogens is 1. The molecule has 0 radical (unpaired) electrons. The first-order valence-corrected chi connectivity index (χ1v) is 7.57. The highest BCUT2D eigenvalue weighted by Crippen LogP contribution is 2.21. The molecule has 1 aromatic heterocycles. The second-order valence-electron chi connectivity index (χ2n) is 5.61. The number of rotatable bonds is 4.